The summed E-state index contributed by atoms with van der Waals surface area (Å²) in [5.41, 5.74) is 1.35. The molecule has 0 aliphatic heterocycles. The van der Waals surface area contributed by atoms with Gasteiger partial charge in [-0.3, -0.25) is 4.79 Å². The van der Waals surface area contributed by atoms with E-state index in [4.69, 9.17) is 11.6 Å². The van der Waals surface area contributed by atoms with E-state index >= 15 is 0 Å². The van der Waals surface area contributed by atoms with Crippen molar-refractivity contribution in [3.63, 3.8) is 0 Å². The Hall–Kier alpha value is -1.74. The molecule has 0 aliphatic carbocycles. The van der Waals surface area contributed by atoms with Crippen LogP contribution in [0.5, 0.6) is 0 Å². The first-order valence-electron chi connectivity index (χ1n) is 4.82. The third-order valence-electron chi connectivity index (χ3n) is 2.36. The van der Waals surface area contributed by atoms with Crippen molar-refractivity contribution in [3.05, 3.63) is 58.6 Å². The molecule has 2 aromatic rings. The molecule has 0 amide bonds. The summed E-state index contributed by atoms with van der Waals surface area (Å²) in [7, 11) is 0. The highest BCUT2D eigenvalue weighted by Crippen LogP contribution is 2.29. The Morgan fingerprint density at radius 3 is 2.41 bits per heavy atom. The van der Waals surface area contributed by atoms with Gasteiger partial charge in [-0.25, -0.2) is 8.78 Å². The Morgan fingerprint density at radius 2 is 1.76 bits per heavy atom. The summed E-state index contributed by atoms with van der Waals surface area (Å²) in [5, 5.41) is 0.376. The number of hydrogen-bond donors (Lipinski definition) is 0. The van der Waals surface area contributed by atoms with E-state index in [0.29, 0.717) is 28.0 Å². The average molecular weight is 253 g/mol. The lowest BCUT2D eigenvalue weighted by Crippen LogP contribution is -1.88. The molecule has 0 fully saturated rings. The van der Waals surface area contributed by atoms with Crippen molar-refractivity contribution in [1.82, 2.24) is 0 Å². The number of hydrogen-bond acceptors (Lipinski definition) is 1. The molecule has 4 heteroatoms. The summed E-state index contributed by atoms with van der Waals surface area (Å²) in [6, 6.07) is 8.11. The summed E-state index contributed by atoms with van der Waals surface area (Å²) in [6.45, 7) is 0. The minimum Gasteiger partial charge on any atom is -0.298 e. The van der Waals surface area contributed by atoms with Crippen LogP contribution in [-0.2, 0) is 0 Å². The maximum atomic E-state index is 13.1. The van der Waals surface area contributed by atoms with Crippen LogP contribution in [0.25, 0.3) is 11.1 Å². The van der Waals surface area contributed by atoms with E-state index in [2.05, 4.69) is 0 Å². The van der Waals surface area contributed by atoms with Gasteiger partial charge in [0.2, 0.25) is 0 Å². The molecule has 0 atom stereocenters. The summed E-state index contributed by atoms with van der Waals surface area (Å²) in [5.74, 6) is -1.87. The van der Waals surface area contributed by atoms with E-state index < -0.39 is 11.6 Å². The molecule has 0 aliphatic rings. The van der Waals surface area contributed by atoms with E-state index in [1.165, 1.54) is 12.1 Å². The van der Waals surface area contributed by atoms with Crippen molar-refractivity contribution in [2.24, 2.45) is 0 Å². The van der Waals surface area contributed by atoms with Crippen LogP contribution in [0.4, 0.5) is 8.78 Å². The first kappa shape index (κ1) is 11.7. The summed E-state index contributed by atoms with van der Waals surface area (Å²) in [6.07, 6.45) is 0.666. The molecule has 86 valence electrons. The fourth-order valence-electron chi connectivity index (χ4n) is 1.50. The Bertz CT molecular complexity index is 582. The average Bonchev–Trinajstić information content (AvgIpc) is 2.33. The lowest BCUT2D eigenvalue weighted by atomic mass is 10.0. The number of carbonyl (C=O) groups is 1. The number of aldehydes is 1. The number of carbonyl (C=O) groups excluding carboxylic acids is 1. The smallest absolute Gasteiger partial charge is 0.159 e. The van der Waals surface area contributed by atoms with Gasteiger partial charge in [0.05, 0.1) is 0 Å². The minimum absolute atomic E-state index is 0.376. The van der Waals surface area contributed by atoms with Gasteiger partial charge in [0.25, 0.3) is 0 Å². The number of rotatable bonds is 2. The van der Waals surface area contributed by atoms with E-state index in [-0.39, 0.29) is 0 Å². The molecule has 17 heavy (non-hydrogen) atoms. The number of halogens is 3. The highest BCUT2D eigenvalue weighted by atomic mass is 35.5. The van der Waals surface area contributed by atoms with Gasteiger partial charge in [-0.2, -0.15) is 0 Å². The van der Waals surface area contributed by atoms with Crippen LogP contribution in [0.1, 0.15) is 10.4 Å². The molecule has 0 aromatic heterocycles. The van der Waals surface area contributed by atoms with E-state index in [0.717, 1.165) is 12.1 Å². The molecule has 1 nitrogen and oxygen atoms in total. The molecular weight excluding hydrogens is 246 g/mol. The first-order valence-corrected chi connectivity index (χ1v) is 5.20. The maximum Gasteiger partial charge on any atom is 0.159 e. The Morgan fingerprint density at radius 1 is 1.00 bits per heavy atom. The van der Waals surface area contributed by atoms with Gasteiger partial charge in [0, 0.05) is 16.1 Å². The van der Waals surface area contributed by atoms with Crippen molar-refractivity contribution >= 4 is 17.9 Å². The zero-order valence-corrected chi connectivity index (χ0v) is 9.34. The molecule has 0 heterocycles. The van der Waals surface area contributed by atoms with Crippen LogP contribution in [-0.4, -0.2) is 6.29 Å². The zero-order valence-electron chi connectivity index (χ0n) is 8.58. The van der Waals surface area contributed by atoms with Crippen LogP contribution in [0, 0.1) is 11.6 Å². The summed E-state index contributed by atoms with van der Waals surface area (Å²) < 4.78 is 25.9. The van der Waals surface area contributed by atoms with Crippen molar-refractivity contribution in [3.8, 4) is 11.1 Å². The monoisotopic (exact) mass is 252 g/mol. The molecule has 0 saturated heterocycles. The summed E-state index contributed by atoms with van der Waals surface area (Å²) >= 11 is 5.95. The van der Waals surface area contributed by atoms with Crippen LogP contribution in [0.3, 0.4) is 0 Å². The third kappa shape index (κ3) is 2.34. The molecule has 0 bridgehead atoms. The van der Waals surface area contributed by atoms with Gasteiger partial charge < -0.3 is 0 Å². The highest BCUT2D eigenvalue weighted by molar-refractivity contribution is 6.33. The molecular formula is C13H7ClF2O. The first-order chi connectivity index (χ1) is 8.11. The second-order valence-electron chi connectivity index (χ2n) is 3.49. The van der Waals surface area contributed by atoms with Gasteiger partial charge >= 0.3 is 0 Å². The molecule has 0 N–H and O–H groups in total. The largest absolute Gasteiger partial charge is 0.298 e. The fraction of sp³-hybridized carbons (Fsp3) is 0. The Kier molecular flexibility index (Phi) is 3.20. The predicted octanol–water partition coefficient (Wildman–Crippen LogP) is 4.10. The Balaban J connectivity index is 2.58. The summed E-state index contributed by atoms with van der Waals surface area (Å²) in [4.78, 5) is 10.6. The molecule has 0 radical (unpaired) electrons. The van der Waals surface area contributed by atoms with Crippen molar-refractivity contribution in [1.29, 1.82) is 0 Å². The lowest BCUT2D eigenvalue weighted by Gasteiger charge is -2.05. The zero-order chi connectivity index (χ0) is 12.4. The van der Waals surface area contributed by atoms with Crippen LogP contribution >= 0.6 is 11.6 Å². The van der Waals surface area contributed by atoms with Crippen LogP contribution in [0.2, 0.25) is 5.02 Å². The second kappa shape index (κ2) is 4.63. The van der Waals surface area contributed by atoms with Crippen molar-refractivity contribution in [2.75, 3.05) is 0 Å². The molecule has 2 rings (SSSR count). The highest BCUT2D eigenvalue weighted by Gasteiger charge is 2.08. The topological polar surface area (TPSA) is 17.1 Å². The lowest BCUT2D eigenvalue weighted by molar-refractivity contribution is 0.112. The van der Waals surface area contributed by atoms with E-state index in [9.17, 15) is 13.6 Å². The fourth-order valence-corrected chi connectivity index (χ4v) is 1.73. The second-order valence-corrected chi connectivity index (χ2v) is 3.89. The van der Waals surface area contributed by atoms with Crippen LogP contribution < -0.4 is 0 Å². The SMILES string of the molecule is O=Cc1ccc(Cl)c(-c2ccc(F)c(F)c2)c1. The normalized spacial score (nSPS) is 10.3. The van der Waals surface area contributed by atoms with Gasteiger partial charge in [0.1, 0.15) is 6.29 Å². The molecule has 0 saturated carbocycles. The van der Waals surface area contributed by atoms with Crippen LogP contribution in [0.15, 0.2) is 36.4 Å². The minimum atomic E-state index is -0.949. The van der Waals surface area contributed by atoms with Gasteiger partial charge in [-0.1, -0.05) is 23.7 Å². The Labute approximate surface area is 102 Å². The predicted molar refractivity (Wildman–Crippen MR) is 62.2 cm³/mol. The maximum absolute atomic E-state index is 13.1. The number of benzene rings is 2. The van der Waals surface area contributed by atoms with E-state index in [1.54, 1.807) is 12.1 Å². The molecule has 0 unspecified atom stereocenters. The standard InChI is InChI=1S/C13H7ClF2O/c14-11-3-1-8(7-17)5-10(11)9-2-4-12(15)13(16)6-9/h1-7H. The van der Waals surface area contributed by atoms with Gasteiger partial charge in [0.15, 0.2) is 11.6 Å². The van der Waals surface area contributed by atoms with Crippen molar-refractivity contribution < 1.29 is 13.6 Å². The van der Waals surface area contributed by atoms with Crippen molar-refractivity contribution in [2.45, 2.75) is 0 Å². The van der Waals surface area contributed by atoms with Gasteiger partial charge in [-0.15, -0.1) is 0 Å². The molecule has 0 spiro atoms. The van der Waals surface area contributed by atoms with Gasteiger partial charge in [-0.05, 0) is 29.8 Å². The quantitative estimate of drug-likeness (QED) is 0.736. The molecule has 2 aromatic carbocycles. The third-order valence-corrected chi connectivity index (χ3v) is 2.69. The van der Waals surface area contributed by atoms with E-state index in [1.807, 2.05) is 0 Å².